The van der Waals surface area contributed by atoms with Gasteiger partial charge < -0.3 is 5.32 Å². The van der Waals surface area contributed by atoms with Crippen molar-refractivity contribution in [2.24, 2.45) is 0 Å². The second-order valence-corrected chi connectivity index (χ2v) is 7.04. The van der Waals surface area contributed by atoms with Crippen molar-refractivity contribution in [3.05, 3.63) is 46.4 Å². The van der Waals surface area contributed by atoms with Gasteiger partial charge in [0.15, 0.2) is 0 Å². The fourth-order valence-electron chi connectivity index (χ4n) is 1.81. The summed E-state index contributed by atoms with van der Waals surface area (Å²) in [6, 6.07) is 6.94. The molecule has 2 rings (SSSR count). The number of benzene rings is 1. The van der Waals surface area contributed by atoms with Crippen LogP contribution in [0.1, 0.15) is 18.2 Å². The fraction of sp³-hybridized carbons (Fsp3) is 0.357. The van der Waals surface area contributed by atoms with E-state index in [0.29, 0.717) is 17.9 Å². The molecule has 0 aliphatic rings. The van der Waals surface area contributed by atoms with Gasteiger partial charge in [-0.2, -0.15) is 0 Å². The van der Waals surface area contributed by atoms with Gasteiger partial charge in [-0.3, -0.25) is 0 Å². The van der Waals surface area contributed by atoms with E-state index in [1.54, 1.807) is 17.6 Å². The standard InChI is InChI=1S/C14H19N3O2S2/c1-2-15-9-12-3-5-14(6-4-12)21(18,19)17-8-7-13-10-20-11-16-13/h3-6,10-11,15,17H,2,7-9H2,1H3. The first kappa shape index (κ1) is 16.1. The highest BCUT2D eigenvalue weighted by atomic mass is 32.2. The summed E-state index contributed by atoms with van der Waals surface area (Å²) in [6.45, 7) is 4.02. The van der Waals surface area contributed by atoms with Crippen LogP contribution in [0.2, 0.25) is 0 Å². The molecule has 0 atom stereocenters. The van der Waals surface area contributed by atoms with Gasteiger partial charge in [-0.05, 0) is 24.2 Å². The Balaban J connectivity index is 1.92. The van der Waals surface area contributed by atoms with Crippen LogP contribution in [0, 0.1) is 0 Å². The number of hydrogen-bond acceptors (Lipinski definition) is 5. The van der Waals surface area contributed by atoms with E-state index in [0.717, 1.165) is 24.3 Å². The summed E-state index contributed by atoms with van der Waals surface area (Å²) >= 11 is 1.51. The van der Waals surface area contributed by atoms with E-state index in [2.05, 4.69) is 15.0 Å². The molecule has 1 aromatic carbocycles. The molecule has 0 radical (unpaired) electrons. The van der Waals surface area contributed by atoms with Crippen molar-refractivity contribution in [1.29, 1.82) is 0 Å². The predicted octanol–water partition coefficient (Wildman–Crippen LogP) is 1.77. The summed E-state index contributed by atoms with van der Waals surface area (Å²) in [7, 11) is -3.45. The Bertz CT molecular complexity index is 637. The van der Waals surface area contributed by atoms with Crippen LogP contribution in [0.15, 0.2) is 40.1 Å². The number of rotatable bonds is 8. The van der Waals surface area contributed by atoms with Crippen molar-refractivity contribution in [2.45, 2.75) is 24.8 Å². The van der Waals surface area contributed by atoms with Crippen LogP contribution in [0.4, 0.5) is 0 Å². The van der Waals surface area contributed by atoms with Gasteiger partial charge >= 0.3 is 0 Å². The molecule has 0 fully saturated rings. The Hall–Kier alpha value is -1.28. The van der Waals surface area contributed by atoms with Crippen molar-refractivity contribution < 1.29 is 8.42 Å². The molecule has 7 heteroatoms. The van der Waals surface area contributed by atoms with Gasteiger partial charge in [0.25, 0.3) is 0 Å². The SMILES string of the molecule is CCNCc1ccc(S(=O)(=O)NCCc2cscn2)cc1. The summed E-state index contributed by atoms with van der Waals surface area (Å²) in [4.78, 5) is 4.42. The molecule has 114 valence electrons. The van der Waals surface area contributed by atoms with Gasteiger partial charge in [-0.1, -0.05) is 19.1 Å². The highest BCUT2D eigenvalue weighted by Crippen LogP contribution is 2.10. The minimum Gasteiger partial charge on any atom is -0.313 e. The zero-order chi connectivity index (χ0) is 15.1. The van der Waals surface area contributed by atoms with Crippen molar-refractivity contribution in [3.8, 4) is 0 Å². The molecule has 1 heterocycles. The zero-order valence-electron chi connectivity index (χ0n) is 11.9. The van der Waals surface area contributed by atoms with Crippen molar-refractivity contribution in [3.63, 3.8) is 0 Å². The first-order valence-corrected chi connectivity index (χ1v) is 9.21. The molecule has 2 N–H and O–H groups in total. The second kappa shape index (κ2) is 7.65. The maximum absolute atomic E-state index is 12.1. The average molecular weight is 325 g/mol. The largest absolute Gasteiger partial charge is 0.313 e. The molecule has 2 aromatic rings. The van der Waals surface area contributed by atoms with E-state index in [1.807, 2.05) is 24.4 Å². The lowest BCUT2D eigenvalue weighted by Crippen LogP contribution is -2.26. The molecule has 5 nitrogen and oxygen atoms in total. The van der Waals surface area contributed by atoms with Crippen LogP contribution < -0.4 is 10.0 Å². The van der Waals surface area contributed by atoms with E-state index >= 15 is 0 Å². The van der Waals surface area contributed by atoms with Crippen molar-refractivity contribution in [2.75, 3.05) is 13.1 Å². The molecule has 0 aliphatic carbocycles. The molecular formula is C14H19N3O2S2. The Labute approximate surface area is 129 Å². The third kappa shape index (κ3) is 4.89. The van der Waals surface area contributed by atoms with Crippen LogP contribution >= 0.6 is 11.3 Å². The van der Waals surface area contributed by atoms with Crippen LogP contribution in [0.5, 0.6) is 0 Å². The van der Waals surface area contributed by atoms with E-state index in [-0.39, 0.29) is 0 Å². The minimum atomic E-state index is -3.45. The smallest absolute Gasteiger partial charge is 0.240 e. The number of nitrogens with zero attached hydrogens (tertiary/aromatic N) is 1. The van der Waals surface area contributed by atoms with Crippen LogP contribution in [-0.4, -0.2) is 26.5 Å². The average Bonchev–Trinajstić information content (AvgIpc) is 2.98. The van der Waals surface area contributed by atoms with E-state index in [1.165, 1.54) is 11.3 Å². The lowest BCUT2D eigenvalue weighted by molar-refractivity contribution is 0.581. The molecule has 0 saturated heterocycles. The first-order valence-electron chi connectivity index (χ1n) is 6.78. The third-order valence-electron chi connectivity index (χ3n) is 2.97. The van der Waals surface area contributed by atoms with E-state index < -0.39 is 10.0 Å². The summed E-state index contributed by atoms with van der Waals surface area (Å²) in [5, 5.41) is 5.12. The quantitative estimate of drug-likeness (QED) is 0.776. The maximum atomic E-state index is 12.1. The summed E-state index contributed by atoms with van der Waals surface area (Å²) in [5.41, 5.74) is 3.72. The Kier molecular flexibility index (Phi) is 5.86. The second-order valence-electron chi connectivity index (χ2n) is 4.55. The number of aromatic nitrogens is 1. The highest BCUT2D eigenvalue weighted by molar-refractivity contribution is 7.89. The third-order valence-corrected chi connectivity index (χ3v) is 5.08. The van der Waals surface area contributed by atoms with Crippen molar-refractivity contribution in [1.82, 2.24) is 15.0 Å². The molecule has 0 amide bonds. The van der Waals surface area contributed by atoms with Gasteiger partial charge in [0.05, 0.1) is 16.1 Å². The van der Waals surface area contributed by atoms with E-state index in [9.17, 15) is 8.42 Å². The lowest BCUT2D eigenvalue weighted by Gasteiger charge is -2.07. The zero-order valence-corrected chi connectivity index (χ0v) is 13.5. The summed E-state index contributed by atoms with van der Waals surface area (Å²) < 4.78 is 26.9. The van der Waals surface area contributed by atoms with Crippen LogP contribution in [-0.2, 0) is 23.0 Å². The highest BCUT2D eigenvalue weighted by Gasteiger charge is 2.13. The van der Waals surface area contributed by atoms with Gasteiger partial charge in [0, 0.05) is 24.9 Å². The van der Waals surface area contributed by atoms with Gasteiger partial charge in [-0.25, -0.2) is 18.1 Å². The monoisotopic (exact) mass is 325 g/mol. The lowest BCUT2D eigenvalue weighted by atomic mass is 10.2. The molecule has 0 saturated carbocycles. The molecule has 0 bridgehead atoms. The normalized spacial score (nSPS) is 11.7. The van der Waals surface area contributed by atoms with Crippen molar-refractivity contribution >= 4 is 21.4 Å². The number of thiazole rings is 1. The van der Waals surface area contributed by atoms with Crippen LogP contribution in [0.25, 0.3) is 0 Å². The minimum absolute atomic E-state index is 0.293. The number of hydrogen-bond donors (Lipinski definition) is 2. The topological polar surface area (TPSA) is 71.1 Å². The number of nitrogens with one attached hydrogen (secondary N) is 2. The Morgan fingerprint density at radius 3 is 2.62 bits per heavy atom. The molecule has 0 aliphatic heterocycles. The molecule has 21 heavy (non-hydrogen) atoms. The molecular weight excluding hydrogens is 306 g/mol. The number of sulfonamides is 1. The maximum Gasteiger partial charge on any atom is 0.240 e. The first-order chi connectivity index (χ1) is 10.1. The predicted molar refractivity (Wildman–Crippen MR) is 84.8 cm³/mol. The van der Waals surface area contributed by atoms with Crippen LogP contribution in [0.3, 0.4) is 0 Å². The van der Waals surface area contributed by atoms with Gasteiger partial charge in [0.1, 0.15) is 0 Å². The Morgan fingerprint density at radius 1 is 1.24 bits per heavy atom. The molecule has 0 spiro atoms. The Morgan fingerprint density at radius 2 is 2.00 bits per heavy atom. The van der Waals surface area contributed by atoms with Gasteiger partial charge in [0.2, 0.25) is 10.0 Å². The van der Waals surface area contributed by atoms with E-state index in [4.69, 9.17) is 0 Å². The molecule has 0 unspecified atom stereocenters. The summed E-state index contributed by atoms with van der Waals surface area (Å²) in [6.07, 6.45) is 0.598. The fourth-order valence-corrected chi connectivity index (χ4v) is 3.44. The molecule has 1 aromatic heterocycles. The van der Waals surface area contributed by atoms with Gasteiger partial charge in [-0.15, -0.1) is 11.3 Å². The summed E-state index contributed by atoms with van der Waals surface area (Å²) in [5.74, 6) is 0.